The summed E-state index contributed by atoms with van der Waals surface area (Å²) in [6.45, 7) is 2.29. The molecule has 0 saturated heterocycles. The summed E-state index contributed by atoms with van der Waals surface area (Å²) < 4.78 is 25.8. The van der Waals surface area contributed by atoms with E-state index in [1.165, 1.54) is 12.1 Å². The van der Waals surface area contributed by atoms with Gasteiger partial charge in [0.2, 0.25) is 0 Å². The molecular formula is C14H20F2N2O2. The molecule has 1 rings (SSSR count). The molecule has 0 bridgehead atoms. The van der Waals surface area contributed by atoms with E-state index in [0.29, 0.717) is 31.4 Å². The van der Waals surface area contributed by atoms with Crippen LogP contribution in [0.15, 0.2) is 18.2 Å². The molecule has 3 N–H and O–H groups in total. The fraction of sp³-hybridized carbons (Fsp3) is 0.500. The predicted octanol–water partition coefficient (Wildman–Crippen LogP) is 1.97. The summed E-state index contributed by atoms with van der Waals surface area (Å²) in [5.74, 6) is -1.71. The van der Waals surface area contributed by atoms with Gasteiger partial charge in [0.15, 0.2) is 11.6 Å². The van der Waals surface area contributed by atoms with Gasteiger partial charge in [0.05, 0.1) is 0 Å². The lowest BCUT2D eigenvalue weighted by atomic mass is 10.1. The zero-order valence-corrected chi connectivity index (χ0v) is 11.5. The first-order valence-electron chi connectivity index (χ1n) is 6.62. The minimum Gasteiger partial charge on any atom is -0.396 e. The van der Waals surface area contributed by atoms with E-state index in [-0.39, 0.29) is 18.7 Å². The SMILES string of the molecule is CC(CCc1ccc(F)c(F)c1)NC(=O)NCCCO. The van der Waals surface area contributed by atoms with Crippen molar-refractivity contribution < 1.29 is 18.7 Å². The summed E-state index contributed by atoms with van der Waals surface area (Å²) >= 11 is 0. The van der Waals surface area contributed by atoms with E-state index < -0.39 is 11.6 Å². The molecule has 2 amide bonds. The monoisotopic (exact) mass is 286 g/mol. The van der Waals surface area contributed by atoms with Crippen molar-refractivity contribution in [1.82, 2.24) is 10.6 Å². The molecule has 6 heteroatoms. The third-order valence-electron chi connectivity index (χ3n) is 2.85. The normalized spacial score (nSPS) is 12.0. The van der Waals surface area contributed by atoms with Crippen LogP contribution in [0.4, 0.5) is 13.6 Å². The molecule has 0 aliphatic heterocycles. The summed E-state index contributed by atoms with van der Waals surface area (Å²) in [4.78, 5) is 11.4. The molecule has 0 radical (unpaired) electrons. The highest BCUT2D eigenvalue weighted by atomic mass is 19.2. The zero-order valence-electron chi connectivity index (χ0n) is 11.5. The maximum atomic E-state index is 13.0. The first kappa shape index (κ1) is 16.4. The number of carbonyl (C=O) groups is 1. The minimum absolute atomic E-state index is 0.0337. The number of halogens is 2. The van der Waals surface area contributed by atoms with Gasteiger partial charge in [-0.15, -0.1) is 0 Å². The lowest BCUT2D eigenvalue weighted by Crippen LogP contribution is -2.41. The molecular weight excluding hydrogens is 266 g/mol. The number of nitrogens with one attached hydrogen (secondary N) is 2. The zero-order chi connectivity index (χ0) is 15.0. The van der Waals surface area contributed by atoms with Gasteiger partial charge in [0.25, 0.3) is 0 Å². The van der Waals surface area contributed by atoms with Crippen LogP contribution < -0.4 is 10.6 Å². The molecule has 1 aromatic carbocycles. The highest BCUT2D eigenvalue weighted by Gasteiger charge is 2.08. The lowest BCUT2D eigenvalue weighted by Gasteiger charge is -2.14. The van der Waals surface area contributed by atoms with Crippen LogP contribution in [-0.4, -0.2) is 30.3 Å². The topological polar surface area (TPSA) is 61.4 Å². The van der Waals surface area contributed by atoms with Gasteiger partial charge in [0.1, 0.15) is 0 Å². The Morgan fingerprint density at radius 1 is 1.35 bits per heavy atom. The summed E-state index contributed by atoms with van der Waals surface area (Å²) in [6, 6.07) is 3.42. The highest BCUT2D eigenvalue weighted by molar-refractivity contribution is 5.74. The van der Waals surface area contributed by atoms with Crippen LogP contribution in [0.2, 0.25) is 0 Å². The number of benzene rings is 1. The summed E-state index contributed by atoms with van der Waals surface area (Å²) in [7, 11) is 0. The average molecular weight is 286 g/mol. The van der Waals surface area contributed by atoms with Crippen LogP contribution in [0.5, 0.6) is 0 Å². The van der Waals surface area contributed by atoms with E-state index in [2.05, 4.69) is 10.6 Å². The van der Waals surface area contributed by atoms with Gasteiger partial charge in [-0.1, -0.05) is 6.07 Å². The van der Waals surface area contributed by atoms with Crippen molar-refractivity contribution in [3.8, 4) is 0 Å². The molecule has 0 fully saturated rings. The van der Waals surface area contributed by atoms with Crippen molar-refractivity contribution in [1.29, 1.82) is 0 Å². The molecule has 1 aromatic rings. The van der Waals surface area contributed by atoms with Gasteiger partial charge in [-0.05, 0) is 43.9 Å². The van der Waals surface area contributed by atoms with Crippen LogP contribution >= 0.6 is 0 Å². The average Bonchev–Trinajstić information content (AvgIpc) is 2.40. The second-order valence-corrected chi connectivity index (χ2v) is 4.67. The Morgan fingerprint density at radius 2 is 2.10 bits per heavy atom. The maximum Gasteiger partial charge on any atom is 0.314 e. The number of hydrogen-bond acceptors (Lipinski definition) is 2. The summed E-state index contributed by atoms with van der Waals surface area (Å²) in [5, 5.41) is 13.9. The quantitative estimate of drug-likeness (QED) is 0.671. The van der Waals surface area contributed by atoms with E-state index in [1.54, 1.807) is 0 Å². The van der Waals surface area contributed by atoms with Crippen molar-refractivity contribution >= 4 is 6.03 Å². The number of amides is 2. The van der Waals surface area contributed by atoms with Crippen LogP contribution in [0.3, 0.4) is 0 Å². The van der Waals surface area contributed by atoms with Gasteiger partial charge >= 0.3 is 6.03 Å². The maximum absolute atomic E-state index is 13.0. The van der Waals surface area contributed by atoms with Crippen molar-refractivity contribution in [3.05, 3.63) is 35.4 Å². The molecule has 0 aromatic heterocycles. The second kappa shape index (κ2) is 8.47. The van der Waals surface area contributed by atoms with Crippen molar-refractivity contribution in [2.75, 3.05) is 13.2 Å². The Kier molecular flexibility index (Phi) is 6.93. The molecule has 4 nitrogen and oxygen atoms in total. The van der Waals surface area contributed by atoms with Crippen LogP contribution in [0.25, 0.3) is 0 Å². The third kappa shape index (κ3) is 5.97. The van der Waals surface area contributed by atoms with E-state index in [4.69, 9.17) is 5.11 Å². The summed E-state index contributed by atoms with van der Waals surface area (Å²) in [5.41, 5.74) is 0.693. The van der Waals surface area contributed by atoms with Gasteiger partial charge in [-0.2, -0.15) is 0 Å². The molecule has 0 heterocycles. The smallest absolute Gasteiger partial charge is 0.314 e. The van der Waals surface area contributed by atoms with Gasteiger partial charge in [-0.3, -0.25) is 0 Å². The fourth-order valence-corrected chi connectivity index (χ4v) is 1.71. The van der Waals surface area contributed by atoms with Crippen molar-refractivity contribution in [2.24, 2.45) is 0 Å². The van der Waals surface area contributed by atoms with Crippen molar-refractivity contribution in [2.45, 2.75) is 32.2 Å². The first-order chi connectivity index (χ1) is 9.52. The Bertz CT molecular complexity index is 441. The predicted molar refractivity (Wildman–Crippen MR) is 72.4 cm³/mol. The van der Waals surface area contributed by atoms with Crippen LogP contribution in [0.1, 0.15) is 25.3 Å². The molecule has 112 valence electrons. The van der Waals surface area contributed by atoms with Gasteiger partial charge in [0, 0.05) is 19.2 Å². The number of hydrogen-bond donors (Lipinski definition) is 3. The van der Waals surface area contributed by atoms with E-state index in [1.807, 2.05) is 6.92 Å². The Morgan fingerprint density at radius 3 is 2.75 bits per heavy atom. The molecule has 0 aliphatic carbocycles. The molecule has 20 heavy (non-hydrogen) atoms. The van der Waals surface area contributed by atoms with Crippen LogP contribution in [0, 0.1) is 11.6 Å². The highest BCUT2D eigenvalue weighted by Crippen LogP contribution is 2.11. The number of aliphatic hydroxyl groups excluding tert-OH is 1. The van der Waals surface area contributed by atoms with E-state index >= 15 is 0 Å². The van der Waals surface area contributed by atoms with Crippen LogP contribution in [-0.2, 0) is 6.42 Å². The van der Waals surface area contributed by atoms with Gasteiger partial charge < -0.3 is 15.7 Å². The van der Waals surface area contributed by atoms with E-state index in [9.17, 15) is 13.6 Å². The number of aliphatic hydroxyl groups is 1. The number of urea groups is 1. The second-order valence-electron chi connectivity index (χ2n) is 4.67. The molecule has 0 spiro atoms. The largest absolute Gasteiger partial charge is 0.396 e. The lowest BCUT2D eigenvalue weighted by molar-refractivity contribution is 0.234. The molecule has 0 aliphatic rings. The number of rotatable bonds is 7. The molecule has 1 atom stereocenters. The Balaban J connectivity index is 2.30. The Labute approximate surface area is 117 Å². The first-order valence-corrected chi connectivity index (χ1v) is 6.62. The minimum atomic E-state index is -0.858. The van der Waals surface area contributed by atoms with Gasteiger partial charge in [-0.25, -0.2) is 13.6 Å². The Hall–Kier alpha value is -1.69. The summed E-state index contributed by atoms with van der Waals surface area (Å²) in [6.07, 6.45) is 1.68. The standard InChI is InChI=1S/C14H20F2N2O2/c1-10(18-14(20)17-7-2-8-19)3-4-11-5-6-12(15)13(16)9-11/h5-6,9-10,19H,2-4,7-8H2,1H3,(H2,17,18,20). The number of aryl methyl sites for hydroxylation is 1. The molecule has 0 saturated carbocycles. The van der Waals surface area contributed by atoms with E-state index in [0.717, 1.165) is 6.07 Å². The number of carbonyl (C=O) groups excluding carboxylic acids is 1. The third-order valence-corrected chi connectivity index (χ3v) is 2.85. The fourth-order valence-electron chi connectivity index (χ4n) is 1.71. The molecule has 1 unspecified atom stereocenters. The van der Waals surface area contributed by atoms with Crippen molar-refractivity contribution in [3.63, 3.8) is 0 Å².